The zero-order valence-corrected chi connectivity index (χ0v) is 20.0. The highest BCUT2D eigenvalue weighted by molar-refractivity contribution is 7.92. The fourth-order valence-electron chi connectivity index (χ4n) is 3.23. The SMILES string of the molecule is Cc1noc(NS(=O)(=O)c2ccc(NC(=O)C(C)n3nc(-c4ccccc4)ccc3=O)cc2)c1C. The molecule has 0 aliphatic rings. The number of amides is 1. The van der Waals surface area contributed by atoms with Gasteiger partial charge >= 0.3 is 0 Å². The molecule has 2 aromatic heterocycles. The molecule has 0 radical (unpaired) electrons. The van der Waals surface area contributed by atoms with E-state index in [9.17, 15) is 18.0 Å². The van der Waals surface area contributed by atoms with Crippen LogP contribution in [0.5, 0.6) is 0 Å². The molecule has 2 N–H and O–H groups in total. The van der Waals surface area contributed by atoms with Gasteiger partial charge in [0.1, 0.15) is 6.04 Å². The Bertz CT molecular complexity index is 1530. The average molecular weight is 494 g/mol. The van der Waals surface area contributed by atoms with Crippen molar-refractivity contribution < 1.29 is 17.7 Å². The van der Waals surface area contributed by atoms with Crippen molar-refractivity contribution in [2.45, 2.75) is 31.7 Å². The summed E-state index contributed by atoms with van der Waals surface area (Å²) in [4.78, 5) is 25.2. The number of aromatic nitrogens is 3. The molecule has 0 bridgehead atoms. The third-order valence-electron chi connectivity index (χ3n) is 5.46. The summed E-state index contributed by atoms with van der Waals surface area (Å²) in [7, 11) is -3.92. The highest BCUT2D eigenvalue weighted by atomic mass is 32.2. The van der Waals surface area contributed by atoms with Crippen molar-refractivity contribution >= 4 is 27.5 Å². The summed E-state index contributed by atoms with van der Waals surface area (Å²) in [5.74, 6) is -0.435. The van der Waals surface area contributed by atoms with Crippen LogP contribution in [0.25, 0.3) is 11.3 Å². The van der Waals surface area contributed by atoms with Gasteiger partial charge in [0.2, 0.25) is 11.8 Å². The summed E-state index contributed by atoms with van der Waals surface area (Å²) in [6, 6.07) is 17.0. The van der Waals surface area contributed by atoms with Crippen molar-refractivity contribution in [2.24, 2.45) is 0 Å². The summed E-state index contributed by atoms with van der Waals surface area (Å²) in [6.07, 6.45) is 0. The first-order valence-electron chi connectivity index (χ1n) is 10.7. The van der Waals surface area contributed by atoms with Crippen LogP contribution in [-0.4, -0.2) is 29.3 Å². The highest BCUT2D eigenvalue weighted by Gasteiger charge is 2.21. The van der Waals surface area contributed by atoms with Gasteiger partial charge < -0.3 is 9.84 Å². The number of sulfonamides is 1. The number of aryl methyl sites for hydroxylation is 1. The molecule has 1 unspecified atom stereocenters. The Morgan fingerprint density at radius 2 is 1.69 bits per heavy atom. The standard InChI is InChI=1S/C24H23N5O5S/c1-15-16(2)27-34-24(15)28-35(32,33)20-11-9-19(10-12-20)25-23(31)17(3)29-22(30)14-13-21(26-29)18-7-5-4-6-8-18/h4-14,17,28H,1-3H3,(H,25,31). The molecule has 0 saturated heterocycles. The van der Waals surface area contributed by atoms with Crippen LogP contribution in [0.1, 0.15) is 24.2 Å². The molecule has 10 nitrogen and oxygen atoms in total. The van der Waals surface area contributed by atoms with Gasteiger partial charge in [0, 0.05) is 22.9 Å². The first-order valence-corrected chi connectivity index (χ1v) is 12.2. The van der Waals surface area contributed by atoms with Crippen LogP contribution >= 0.6 is 0 Å². The second kappa shape index (κ2) is 9.55. The normalized spacial score (nSPS) is 12.2. The Balaban J connectivity index is 1.49. The minimum atomic E-state index is -3.92. The fourth-order valence-corrected chi connectivity index (χ4v) is 4.28. The van der Waals surface area contributed by atoms with Gasteiger partial charge in [-0.3, -0.25) is 9.59 Å². The molecule has 1 amide bonds. The Labute approximate surface area is 201 Å². The van der Waals surface area contributed by atoms with E-state index in [1.807, 2.05) is 30.3 Å². The molecule has 0 fully saturated rings. The number of nitrogens with one attached hydrogen (secondary N) is 2. The van der Waals surface area contributed by atoms with E-state index in [2.05, 4.69) is 20.3 Å². The quantitative estimate of drug-likeness (QED) is 0.402. The number of carbonyl (C=O) groups excluding carboxylic acids is 1. The lowest BCUT2D eigenvalue weighted by atomic mass is 10.1. The van der Waals surface area contributed by atoms with E-state index in [1.54, 1.807) is 26.8 Å². The molecule has 35 heavy (non-hydrogen) atoms. The zero-order valence-electron chi connectivity index (χ0n) is 19.2. The maximum atomic E-state index is 12.8. The van der Waals surface area contributed by atoms with E-state index in [1.165, 1.54) is 30.3 Å². The van der Waals surface area contributed by atoms with Crippen LogP contribution < -0.4 is 15.6 Å². The van der Waals surface area contributed by atoms with E-state index in [4.69, 9.17) is 4.52 Å². The first kappa shape index (κ1) is 23.9. The third-order valence-corrected chi connectivity index (χ3v) is 6.80. The van der Waals surface area contributed by atoms with Crippen LogP contribution in [-0.2, 0) is 14.8 Å². The molecule has 180 valence electrons. The average Bonchev–Trinajstić information content (AvgIpc) is 3.16. The molecule has 0 saturated carbocycles. The number of rotatable bonds is 7. The van der Waals surface area contributed by atoms with Gasteiger partial charge in [-0.1, -0.05) is 35.5 Å². The second-order valence-corrected chi connectivity index (χ2v) is 9.57. The van der Waals surface area contributed by atoms with E-state index in [0.29, 0.717) is 22.6 Å². The number of benzene rings is 2. The summed E-state index contributed by atoms with van der Waals surface area (Å²) in [5, 5.41) is 10.8. The van der Waals surface area contributed by atoms with Crippen LogP contribution in [0, 0.1) is 13.8 Å². The van der Waals surface area contributed by atoms with Crippen LogP contribution in [0.15, 0.2) is 80.9 Å². The number of hydrogen-bond acceptors (Lipinski definition) is 7. The maximum absolute atomic E-state index is 12.8. The molecule has 0 aliphatic carbocycles. The van der Waals surface area contributed by atoms with Gasteiger partial charge in [-0.05, 0) is 51.1 Å². The minimum absolute atomic E-state index is 0.0227. The van der Waals surface area contributed by atoms with Gasteiger partial charge in [0.25, 0.3) is 15.6 Å². The van der Waals surface area contributed by atoms with E-state index >= 15 is 0 Å². The monoisotopic (exact) mass is 493 g/mol. The number of anilines is 2. The predicted molar refractivity (Wildman–Crippen MR) is 131 cm³/mol. The van der Waals surface area contributed by atoms with Crippen LogP contribution in [0.2, 0.25) is 0 Å². The molecule has 4 aromatic rings. The van der Waals surface area contributed by atoms with E-state index in [-0.39, 0.29) is 10.8 Å². The molecule has 1 atom stereocenters. The lowest BCUT2D eigenvalue weighted by Crippen LogP contribution is -2.33. The molecular weight excluding hydrogens is 470 g/mol. The number of hydrogen-bond donors (Lipinski definition) is 2. The molecule has 0 aliphatic heterocycles. The predicted octanol–water partition coefficient (Wildman–Crippen LogP) is 3.52. The smallest absolute Gasteiger partial charge is 0.267 e. The maximum Gasteiger partial charge on any atom is 0.267 e. The van der Waals surface area contributed by atoms with E-state index < -0.39 is 27.5 Å². The Kier molecular flexibility index (Phi) is 6.52. The third kappa shape index (κ3) is 5.14. The lowest BCUT2D eigenvalue weighted by molar-refractivity contribution is -0.119. The molecule has 2 heterocycles. The largest absolute Gasteiger partial charge is 0.337 e. The van der Waals surface area contributed by atoms with Crippen molar-refractivity contribution in [2.75, 3.05) is 10.0 Å². The van der Waals surface area contributed by atoms with Gasteiger partial charge in [-0.25, -0.2) is 17.8 Å². The van der Waals surface area contributed by atoms with Crippen LogP contribution in [0.3, 0.4) is 0 Å². The highest BCUT2D eigenvalue weighted by Crippen LogP contribution is 2.23. The number of nitrogens with zero attached hydrogens (tertiary/aromatic N) is 3. The topological polar surface area (TPSA) is 136 Å². The zero-order chi connectivity index (χ0) is 25.2. The summed E-state index contributed by atoms with van der Waals surface area (Å²) in [5.41, 5.74) is 2.49. The molecule has 0 spiro atoms. The van der Waals surface area contributed by atoms with Crippen molar-refractivity contribution in [3.05, 3.63) is 88.3 Å². The first-order chi connectivity index (χ1) is 16.7. The Morgan fingerprint density at radius 3 is 2.31 bits per heavy atom. The van der Waals surface area contributed by atoms with Gasteiger partial charge in [-0.2, -0.15) is 5.10 Å². The summed E-state index contributed by atoms with van der Waals surface area (Å²) >= 11 is 0. The van der Waals surface area contributed by atoms with Gasteiger partial charge in [0.05, 0.1) is 16.3 Å². The molecule has 2 aromatic carbocycles. The van der Waals surface area contributed by atoms with Crippen molar-refractivity contribution in [1.82, 2.24) is 14.9 Å². The molecule has 4 rings (SSSR count). The summed E-state index contributed by atoms with van der Waals surface area (Å²) < 4.78 is 33.8. The lowest BCUT2D eigenvalue weighted by Gasteiger charge is -2.15. The van der Waals surface area contributed by atoms with Crippen molar-refractivity contribution in [3.63, 3.8) is 0 Å². The van der Waals surface area contributed by atoms with Crippen LogP contribution in [0.4, 0.5) is 11.6 Å². The Morgan fingerprint density at radius 1 is 1.00 bits per heavy atom. The van der Waals surface area contributed by atoms with E-state index in [0.717, 1.165) is 10.2 Å². The number of carbonyl (C=O) groups is 1. The minimum Gasteiger partial charge on any atom is -0.337 e. The van der Waals surface area contributed by atoms with Crippen molar-refractivity contribution in [1.29, 1.82) is 0 Å². The van der Waals surface area contributed by atoms with Crippen molar-refractivity contribution in [3.8, 4) is 11.3 Å². The van der Waals surface area contributed by atoms with Gasteiger partial charge in [-0.15, -0.1) is 0 Å². The Hall–Kier alpha value is -4.25. The summed E-state index contributed by atoms with van der Waals surface area (Å²) in [6.45, 7) is 4.96. The molecule has 11 heteroatoms. The second-order valence-electron chi connectivity index (χ2n) is 7.88. The van der Waals surface area contributed by atoms with Gasteiger partial charge in [0.15, 0.2) is 0 Å². The fraction of sp³-hybridized carbons (Fsp3) is 0.167. The molecular formula is C24H23N5O5S.